The van der Waals surface area contributed by atoms with E-state index in [4.69, 9.17) is 5.11 Å². The fourth-order valence-electron chi connectivity index (χ4n) is 1.31. The molecule has 0 aromatic rings. The molecule has 0 spiro atoms. The SMILES string of the molecule is CC.CC(C)O.CC1CCCCC1. The Morgan fingerprint density at radius 2 is 1.31 bits per heavy atom. The predicted octanol–water partition coefficient (Wildman–Crippen LogP) is 4.00. The van der Waals surface area contributed by atoms with Gasteiger partial charge in [0, 0.05) is 6.10 Å². The summed E-state index contributed by atoms with van der Waals surface area (Å²) >= 11 is 0. The Morgan fingerprint density at radius 3 is 1.46 bits per heavy atom. The minimum absolute atomic E-state index is 0.167. The molecule has 0 aromatic heterocycles. The Bertz CT molecular complexity index is 70.4. The molecule has 1 heteroatoms. The normalized spacial score (nSPS) is 16.8. The Kier molecular flexibility index (Phi) is 14.2. The Labute approximate surface area is 84.6 Å². The second kappa shape index (κ2) is 12.0. The molecule has 1 N–H and O–H groups in total. The second-order valence-corrected chi connectivity index (χ2v) is 3.84. The van der Waals surface area contributed by atoms with Crippen molar-refractivity contribution < 1.29 is 5.11 Å². The Balaban J connectivity index is 0. The summed E-state index contributed by atoms with van der Waals surface area (Å²) in [6.45, 7) is 9.80. The zero-order valence-electron chi connectivity index (χ0n) is 10.1. The van der Waals surface area contributed by atoms with E-state index in [0.29, 0.717) is 0 Å². The highest BCUT2D eigenvalue weighted by molar-refractivity contribution is 4.59. The van der Waals surface area contributed by atoms with Crippen LogP contribution in [0.4, 0.5) is 0 Å². The lowest BCUT2D eigenvalue weighted by Crippen LogP contribution is -1.99. The van der Waals surface area contributed by atoms with Crippen LogP contribution in [0.25, 0.3) is 0 Å². The van der Waals surface area contributed by atoms with Crippen LogP contribution < -0.4 is 0 Å². The molecule has 1 fully saturated rings. The van der Waals surface area contributed by atoms with Gasteiger partial charge in [-0.3, -0.25) is 0 Å². The molecule has 0 atom stereocenters. The van der Waals surface area contributed by atoms with E-state index < -0.39 is 0 Å². The van der Waals surface area contributed by atoms with Crippen molar-refractivity contribution in [3.8, 4) is 0 Å². The van der Waals surface area contributed by atoms with Gasteiger partial charge in [-0.15, -0.1) is 0 Å². The van der Waals surface area contributed by atoms with E-state index >= 15 is 0 Å². The number of hydrogen-bond donors (Lipinski definition) is 1. The quantitative estimate of drug-likeness (QED) is 0.609. The van der Waals surface area contributed by atoms with E-state index in [9.17, 15) is 0 Å². The minimum Gasteiger partial charge on any atom is -0.394 e. The summed E-state index contributed by atoms with van der Waals surface area (Å²) in [6.07, 6.45) is 7.27. The lowest BCUT2D eigenvalue weighted by atomic mass is 9.91. The standard InChI is InChI=1S/C7H14.C3H8O.C2H6/c1-7-5-3-2-4-6-7;1-3(2)4;1-2/h7H,2-6H2,1H3;3-4H,1-2H3;1-2H3. The smallest absolute Gasteiger partial charge is 0.0483 e. The first-order valence-electron chi connectivity index (χ1n) is 5.81. The molecular weight excluding hydrogens is 160 g/mol. The fraction of sp³-hybridized carbons (Fsp3) is 1.00. The van der Waals surface area contributed by atoms with Gasteiger partial charge in [0.05, 0.1) is 0 Å². The lowest BCUT2D eigenvalue weighted by Gasteiger charge is -2.15. The molecule has 0 heterocycles. The molecule has 0 saturated heterocycles. The summed E-state index contributed by atoms with van der Waals surface area (Å²) in [6, 6.07) is 0. The van der Waals surface area contributed by atoms with Gasteiger partial charge in [0.1, 0.15) is 0 Å². The average Bonchev–Trinajstić information content (AvgIpc) is 2.08. The fourth-order valence-corrected chi connectivity index (χ4v) is 1.31. The highest BCUT2D eigenvalue weighted by Gasteiger charge is 2.05. The van der Waals surface area contributed by atoms with Gasteiger partial charge in [0.25, 0.3) is 0 Å². The molecule has 0 amide bonds. The summed E-state index contributed by atoms with van der Waals surface area (Å²) in [5, 5.41) is 8.06. The van der Waals surface area contributed by atoms with Gasteiger partial charge < -0.3 is 5.11 Å². The van der Waals surface area contributed by atoms with Gasteiger partial charge in [-0.25, -0.2) is 0 Å². The molecule has 0 aromatic carbocycles. The highest BCUT2D eigenvalue weighted by Crippen LogP contribution is 2.21. The first kappa shape index (κ1) is 15.4. The van der Waals surface area contributed by atoms with Gasteiger partial charge in [-0.05, 0) is 19.8 Å². The van der Waals surface area contributed by atoms with Gasteiger partial charge in [-0.2, -0.15) is 0 Å². The van der Waals surface area contributed by atoms with Crippen molar-refractivity contribution in [2.45, 2.75) is 72.8 Å². The molecule has 0 aliphatic heterocycles. The third-order valence-corrected chi connectivity index (χ3v) is 1.89. The molecule has 1 nitrogen and oxygen atoms in total. The van der Waals surface area contributed by atoms with Crippen LogP contribution in [0.15, 0.2) is 0 Å². The maximum absolute atomic E-state index is 8.06. The Morgan fingerprint density at radius 1 is 1.00 bits per heavy atom. The van der Waals surface area contributed by atoms with Crippen LogP contribution in [0, 0.1) is 5.92 Å². The maximum atomic E-state index is 8.06. The molecule has 1 aliphatic carbocycles. The van der Waals surface area contributed by atoms with E-state index in [2.05, 4.69) is 6.92 Å². The van der Waals surface area contributed by atoms with E-state index in [-0.39, 0.29) is 6.10 Å². The largest absolute Gasteiger partial charge is 0.394 e. The average molecular weight is 188 g/mol. The minimum atomic E-state index is -0.167. The number of rotatable bonds is 0. The van der Waals surface area contributed by atoms with Crippen molar-refractivity contribution in [2.24, 2.45) is 5.92 Å². The van der Waals surface area contributed by atoms with Crippen LogP contribution in [0.2, 0.25) is 0 Å². The number of aliphatic hydroxyl groups excluding tert-OH is 1. The predicted molar refractivity (Wildman–Crippen MR) is 61.0 cm³/mol. The van der Waals surface area contributed by atoms with E-state index in [0.717, 1.165) is 5.92 Å². The molecule has 0 unspecified atom stereocenters. The molecule has 13 heavy (non-hydrogen) atoms. The molecule has 1 aliphatic rings. The van der Waals surface area contributed by atoms with E-state index in [1.807, 2.05) is 13.8 Å². The van der Waals surface area contributed by atoms with Gasteiger partial charge in [-0.1, -0.05) is 52.9 Å². The summed E-state index contributed by atoms with van der Waals surface area (Å²) < 4.78 is 0. The van der Waals surface area contributed by atoms with Crippen LogP contribution in [0.1, 0.15) is 66.7 Å². The van der Waals surface area contributed by atoms with Crippen molar-refractivity contribution >= 4 is 0 Å². The van der Waals surface area contributed by atoms with Gasteiger partial charge in [0.2, 0.25) is 0 Å². The third kappa shape index (κ3) is 18.7. The first-order chi connectivity index (χ1) is 6.13. The zero-order valence-corrected chi connectivity index (χ0v) is 10.1. The molecular formula is C12H28O. The number of aliphatic hydroxyl groups is 1. The van der Waals surface area contributed by atoms with Crippen molar-refractivity contribution in [1.82, 2.24) is 0 Å². The molecule has 1 rings (SSSR count). The monoisotopic (exact) mass is 188 g/mol. The van der Waals surface area contributed by atoms with Gasteiger partial charge >= 0.3 is 0 Å². The van der Waals surface area contributed by atoms with Crippen molar-refractivity contribution in [2.75, 3.05) is 0 Å². The molecule has 0 bridgehead atoms. The lowest BCUT2D eigenvalue weighted by molar-refractivity contribution is 0.216. The molecule has 0 radical (unpaired) electrons. The van der Waals surface area contributed by atoms with Gasteiger partial charge in [0.15, 0.2) is 0 Å². The Hall–Kier alpha value is -0.0400. The van der Waals surface area contributed by atoms with Crippen molar-refractivity contribution in [1.29, 1.82) is 0 Å². The summed E-state index contributed by atoms with van der Waals surface area (Å²) in [5.74, 6) is 1.04. The van der Waals surface area contributed by atoms with Crippen LogP contribution in [0.5, 0.6) is 0 Å². The van der Waals surface area contributed by atoms with Crippen LogP contribution in [-0.2, 0) is 0 Å². The van der Waals surface area contributed by atoms with Crippen molar-refractivity contribution in [3.05, 3.63) is 0 Å². The number of hydrogen-bond acceptors (Lipinski definition) is 1. The van der Waals surface area contributed by atoms with Crippen LogP contribution >= 0.6 is 0 Å². The van der Waals surface area contributed by atoms with E-state index in [1.54, 1.807) is 13.8 Å². The third-order valence-electron chi connectivity index (χ3n) is 1.89. The summed E-state index contributed by atoms with van der Waals surface area (Å²) in [7, 11) is 0. The maximum Gasteiger partial charge on any atom is 0.0483 e. The zero-order chi connectivity index (χ0) is 10.7. The van der Waals surface area contributed by atoms with Crippen LogP contribution in [-0.4, -0.2) is 11.2 Å². The first-order valence-corrected chi connectivity index (χ1v) is 5.81. The molecule has 1 saturated carbocycles. The van der Waals surface area contributed by atoms with Crippen molar-refractivity contribution in [3.63, 3.8) is 0 Å². The van der Waals surface area contributed by atoms with Crippen LogP contribution in [0.3, 0.4) is 0 Å². The van der Waals surface area contributed by atoms with E-state index in [1.165, 1.54) is 32.1 Å². The topological polar surface area (TPSA) is 20.2 Å². The second-order valence-electron chi connectivity index (χ2n) is 3.84. The summed E-state index contributed by atoms with van der Waals surface area (Å²) in [5.41, 5.74) is 0. The highest BCUT2D eigenvalue weighted by atomic mass is 16.3. The summed E-state index contributed by atoms with van der Waals surface area (Å²) in [4.78, 5) is 0. The molecule has 82 valence electrons.